The van der Waals surface area contributed by atoms with Crippen LogP contribution in [0.15, 0.2) is 22.9 Å². The fourth-order valence-corrected chi connectivity index (χ4v) is 4.72. The Morgan fingerprint density at radius 1 is 1.16 bits per heavy atom. The second-order valence-electron chi connectivity index (χ2n) is 6.24. The van der Waals surface area contributed by atoms with Gasteiger partial charge >= 0.3 is 0 Å². The summed E-state index contributed by atoms with van der Waals surface area (Å²) in [7, 11) is 0. The first-order valence-corrected chi connectivity index (χ1v) is 10.7. The van der Waals surface area contributed by atoms with Crippen LogP contribution < -0.4 is 0 Å². The Balaban J connectivity index is 1.46. The Bertz CT molecular complexity index is 658. The third-order valence-corrected chi connectivity index (χ3v) is 6.54. The van der Waals surface area contributed by atoms with E-state index >= 15 is 0 Å². The van der Waals surface area contributed by atoms with Gasteiger partial charge in [0.05, 0.1) is 17.1 Å². The van der Waals surface area contributed by atoms with Crippen molar-refractivity contribution >= 4 is 28.6 Å². The van der Waals surface area contributed by atoms with Crippen LogP contribution in [0.3, 0.4) is 0 Å². The third kappa shape index (κ3) is 4.88. The predicted molar refractivity (Wildman–Crippen MR) is 105 cm³/mol. The van der Waals surface area contributed by atoms with Crippen molar-refractivity contribution in [3.8, 4) is 9.88 Å². The SMILES string of the molecule is CCN(CC)C(=O)CN1CCN(Cc2csc(-c3cccs3)n2)CC1. The molecule has 1 fully saturated rings. The summed E-state index contributed by atoms with van der Waals surface area (Å²) in [6, 6.07) is 4.19. The van der Waals surface area contributed by atoms with Crippen LogP contribution in [0, 0.1) is 0 Å². The van der Waals surface area contributed by atoms with Gasteiger partial charge in [-0.3, -0.25) is 14.6 Å². The van der Waals surface area contributed by atoms with E-state index in [0.29, 0.717) is 6.54 Å². The number of carbonyl (C=O) groups excluding carboxylic acids is 1. The molecule has 0 aliphatic carbocycles. The molecule has 0 spiro atoms. The molecule has 0 saturated carbocycles. The van der Waals surface area contributed by atoms with Crippen molar-refractivity contribution in [2.45, 2.75) is 20.4 Å². The Kier molecular flexibility index (Phi) is 6.58. The highest BCUT2D eigenvalue weighted by molar-refractivity contribution is 7.20. The summed E-state index contributed by atoms with van der Waals surface area (Å²) in [4.78, 5) is 24.9. The van der Waals surface area contributed by atoms with Crippen LogP contribution in [0.5, 0.6) is 0 Å². The third-order valence-electron chi connectivity index (χ3n) is 4.61. The van der Waals surface area contributed by atoms with Crippen molar-refractivity contribution in [2.75, 3.05) is 45.8 Å². The van der Waals surface area contributed by atoms with E-state index in [2.05, 4.69) is 32.7 Å². The lowest BCUT2D eigenvalue weighted by Gasteiger charge is -2.34. The van der Waals surface area contributed by atoms with Crippen LogP contribution in [0.25, 0.3) is 9.88 Å². The van der Waals surface area contributed by atoms with Crippen LogP contribution in [0.2, 0.25) is 0 Å². The zero-order valence-corrected chi connectivity index (χ0v) is 16.6. The lowest BCUT2D eigenvalue weighted by atomic mass is 10.3. The van der Waals surface area contributed by atoms with Gasteiger partial charge in [0, 0.05) is 51.2 Å². The highest BCUT2D eigenvalue weighted by Crippen LogP contribution is 2.28. The number of thiazole rings is 1. The predicted octanol–water partition coefficient (Wildman–Crippen LogP) is 2.86. The molecular weight excluding hydrogens is 352 g/mol. The number of aromatic nitrogens is 1. The molecule has 0 bridgehead atoms. The average Bonchev–Trinajstić information content (AvgIpc) is 3.29. The monoisotopic (exact) mass is 378 g/mol. The Morgan fingerprint density at radius 3 is 2.52 bits per heavy atom. The molecule has 1 aliphatic heterocycles. The highest BCUT2D eigenvalue weighted by atomic mass is 32.1. The molecule has 0 N–H and O–H groups in total. The van der Waals surface area contributed by atoms with E-state index in [-0.39, 0.29) is 5.91 Å². The minimum Gasteiger partial charge on any atom is -0.342 e. The second kappa shape index (κ2) is 8.89. The zero-order chi connectivity index (χ0) is 17.6. The van der Waals surface area contributed by atoms with Gasteiger partial charge in [0.1, 0.15) is 5.01 Å². The summed E-state index contributed by atoms with van der Waals surface area (Å²) in [5, 5.41) is 5.38. The minimum absolute atomic E-state index is 0.249. The first-order valence-electron chi connectivity index (χ1n) is 8.90. The van der Waals surface area contributed by atoms with E-state index in [1.807, 2.05) is 18.7 Å². The van der Waals surface area contributed by atoms with Gasteiger partial charge in [-0.25, -0.2) is 4.98 Å². The molecule has 136 valence electrons. The average molecular weight is 379 g/mol. The van der Waals surface area contributed by atoms with Crippen LogP contribution in [-0.2, 0) is 11.3 Å². The summed E-state index contributed by atoms with van der Waals surface area (Å²) in [6.07, 6.45) is 0. The smallest absolute Gasteiger partial charge is 0.236 e. The number of nitrogens with zero attached hydrogens (tertiary/aromatic N) is 4. The lowest BCUT2D eigenvalue weighted by molar-refractivity contribution is -0.132. The van der Waals surface area contributed by atoms with Gasteiger partial charge in [-0.2, -0.15) is 0 Å². The summed E-state index contributed by atoms with van der Waals surface area (Å²) in [5.41, 5.74) is 1.15. The first-order chi connectivity index (χ1) is 12.2. The van der Waals surface area contributed by atoms with Gasteiger partial charge in [0.15, 0.2) is 0 Å². The van der Waals surface area contributed by atoms with Crippen molar-refractivity contribution in [1.82, 2.24) is 19.7 Å². The Hall–Kier alpha value is -1.28. The second-order valence-corrected chi connectivity index (χ2v) is 8.05. The van der Waals surface area contributed by atoms with E-state index in [4.69, 9.17) is 4.98 Å². The largest absolute Gasteiger partial charge is 0.342 e. The number of hydrogen-bond acceptors (Lipinski definition) is 6. The maximum atomic E-state index is 12.2. The van der Waals surface area contributed by atoms with Crippen molar-refractivity contribution in [1.29, 1.82) is 0 Å². The Morgan fingerprint density at radius 2 is 1.88 bits per heavy atom. The number of amides is 1. The quantitative estimate of drug-likeness (QED) is 0.743. The fourth-order valence-electron chi connectivity index (χ4n) is 3.10. The molecule has 1 amide bonds. The van der Waals surface area contributed by atoms with Gasteiger partial charge in [0.25, 0.3) is 0 Å². The molecular formula is C18H26N4OS2. The van der Waals surface area contributed by atoms with E-state index < -0.39 is 0 Å². The molecule has 2 aromatic rings. The fraction of sp³-hybridized carbons (Fsp3) is 0.556. The van der Waals surface area contributed by atoms with Gasteiger partial charge < -0.3 is 4.90 Å². The van der Waals surface area contributed by atoms with Crippen molar-refractivity contribution in [2.24, 2.45) is 0 Å². The summed E-state index contributed by atoms with van der Waals surface area (Å²) < 4.78 is 0. The highest BCUT2D eigenvalue weighted by Gasteiger charge is 2.21. The molecule has 25 heavy (non-hydrogen) atoms. The summed E-state index contributed by atoms with van der Waals surface area (Å²) >= 11 is 3.46. The van der Waals surface area contributed by atoms with Crippen molar-refractivity contribution < 1.29 is 4.79 Å². The molecule has 1 saturated heterocycles. The number of rotatable bonds is 7. The molecule has 7 heteroatoms. The van der Waals surface area contributed by atoms with Gasteiger partial charge in [0.2, 0.25) is 5.91 Å². The van der Waals surface area contributed by atoms with Crippen molar-refractivity contribution in [3.05, 3.63) is 28.6 Å². The van der Waals surface area contributed by atoms with E-state index in [9.17, 15) is 4.79 Å². The number of likely N-dealkylation sites (N-methyl/N-ethyl adjacent to an activating group) is 1. The van der Waals surface area contributed by atoms with E-state index in [0.717, 1.165) is 56.5 Å². The lowest BCUT2D eigenvalue weighted by Crippen LogP contribution is -2.49. The van der Waals surface area contributed by atoms with E-state index in [1.165, 1.54) is 4.88 Å². The van der Waals surface area contributed by atoms with E-state index in [1.54, 1.807) is 22.7 Å². The van der Waals surface area contributed by atoms with Crippen LogP contribution >= 0.6 is 22.7 Å². The number of piperazine rings is 1. The van der Waals surface area contributed by atoms with Crippen molar-refractivity contribution in [3.63, 3.8) is 0 Å². The molecule has 3 rings (SSSR count). The number of hydrogen-bond donors (Lipinski definition) is 0. The maximum Gasteiger partial charge on any atom is 0.236 e. The topological polar surface area (TPSA) is 39.7 Å². The first kappa shape index (κ1) is 18.5. The molecule has 0 atom stereocenters. The molecule has 5 nitrogen and oxygen atoms in total. The molecule has 3 heterocycles. The van der Waals surface area contributed by atoms with Crippen LogP contribution in [0.1, 0.15) is 19.5 Å². The Labute approximate surface area is 157 Å². The number of thiophene rings is 1. The molecule has 2 aromatic heterocycles. The summed E-state index contributed by atoms with van der Waals surface area (Å²) in [5.74, 6) is 0.249. The summed E-state index contributed by atoms with van der Waals surface area (Å²) in [6.45, 7) is 11.0. The zero-order valence-electron chi connectivity index (χ0n) is 15.0. The van der Waals surface area contributed by atoms with Crippen LogP contribution in [0.4, 0.5) is 0 Å². The molecule has 1 aliphatic rings. The van der Waals surface area contributed by atoms with Gasteiger partial charge in [-0.15, -0.1) is 22.7 Å². The standard InChI is InChI=1S/C18H26N4OS2/c1-3-22(4-2)17(23)13-21-9-7-20(8-10-21)12-15-14-25-18(19-15)16-6-5-11-24-16/h5-6,11,14H,3-4,7-10,12-13H2,1-2H3. The van der Waals surface area contributed by atoms with Gasteiger partial charge in [-0.05, 0) is 25.3 Å². The van der Waals surface area contributed by atoms with Gasteiger partial charge in [-0.1, -0.05) is 6.07 Å². The molecule has 0 radical (unpaired) electrons. The minimum atomic E-state index is 0.249. The molecule has 0 unspecified atom stereocenters. The molecule has 0 aromatic carbocycles. The maximum absolute atomic E-state index is 12.2. The number of carbonyl (C=O) groups is 1. The normalized spacial score (nSPS) is 16.2. The van der Waals surface area contributed by atoms with Crippen LogP contribution in [-0.4, -0.2) is 71.4 Å².